The molecule has 0 spiro atoms. The zero-order chi connectivity index (χ0) is 17.3. The van der Waals surface area contributed by atoms with Crippen LogP contribution in [-0.2, 0) is 11.3 Å². The minimum atomic E-state index is -0.145. The Labute approximate surface area is 141 Å². The molecule has 0 N–H and O–H groups in total. The lowest BCUT2D eigenvalue weighted by molar-refractivity contribution is 0.0726. The van der Waals surface area contributed by atoms with Crippen molar-refractivity contribution in [1.82, 2.24) is 15.0 Å². The van der Waals surface area contributed by atoms with Crippen LogP contribution < -0.4 is 0 Å². The number of nitrogens with zero attached hydrogens (tertiary/aromatic N) is 3. The number of ether oxygens (including phenoxy) is 1. The first kappa shape index (κ1) is 16.7. The maximum absolute atomic E-state index is 12.9. The van der Waals surface area contributed by atoms with Crippen LogP contribution in [0, 0.1) is 6.92 Å². The average molecular weight is 333 g/mol. The third-order valence-corrected chi connectivity index (χ3v) is 4.25. The molecule has 0 bridgehead atoms. The van der Waals surface area contributed by atoms with Gasteiger partial charge < -0.3 is 18.6 Å². The molecule has 3 heterocycles. The molecule has 0 unspecified atom stereocenters. The highest BCUT2D eigenvalue weighted by Gasteiger charge is 2.35. The SMILES string of the molecule is COCc1cc(C(=O)N2CCC[C@@H]2c2noc(C(C)C)n2)c(C)o1. The number of furan rings is 1. The molecule has 1 fully saturated rings. The first-order valence-corrected chi connectivity index (χ1v) is 8.24. The van der Waals surface area contributed by atoms with Crippen LogP contribution in [0.25, 0.3) is 0 Å². The van der Waals surface area contributed by atoms with Crippen molar-refractivity contribution in [1.29, 1.82) is 0 Å². The summed E-state index contributed by atoms with van der Waals surface area (Å²) in [7, 11) is 1.60. The maximum Gasteiger partial charge on any atom is 0.258 e. The summed E-state index contributed by atoms with van der Waals surface area (Å²) in [5.41, 5.74) is 0.571. The topological polar surface area (TPSA) is 81.6 Å². The lowest BCUT2D eigenvalue weighted by Crippen LogP contribution is -2.31. The fraction of sp³-hybridized carbons (Fsp3) is 0.588. The standard InChI is InChI=1S/C17H23N3O4/c1-10(2)16-18-15(19-24-16)14-6-5-7-20(14)17(21)13-8-12(9-22-4)23-11(13)3/h8,10,14H,5-7,9H2,1-4H3/t14-/m1/s1. The van der Waals surface area contributed by atoms with Crippen molar-refractivity contribution in [3.8, 4) is 0 Å². The Morgan fingerprint density at radius 1 is 1.50 bits per heavy atom. The van der Waals surface area contributed by atoms with Gasteiger partial charge >= 0.3 is 0 Å². The Hall–Kier alpha value is -2.15. The Morgan fingerprint density at radius 3 is 2.96 bits per heavy atom. The normalized spacial score (nSPS) is 17.9. The number of rotatable bonds is 5. The Balaban J connectivity index is 1.83. The van der Waals surface area contributed by atoms with Crippen LogP contribution in [0.2, 0.25) is 0 Å². The quantitative estimate of drug-likeness (QED) is 0.835. The Kier molecular flexibility index (Phi) is 4.71. The average Bonchev–Trinajstić information content (AvgIpc) is 3.25. The summed E-state index contributed by atoms with van der Waals surface area (Å²) in [6.45, 7) is 6.82. The first-order chi connectivity index (χ1) is 11.5. The minimum absolute atomic E-state index is 0.0583. The molecule has 130 valence electrons. The van der Waals surface area contributed by atoms with E-state index in [1.165, 1.54) is 0 Å². The molecule has 7 nitrogen and oxygen atoms in total. The van der Waals surface area contributed by atoms with E-state index in [9.17, 15) is 4.79 Å². The number of amides is 1. The van der Waals surface area contributed by atoms with Gasteiger partial charge in [-0.15, -0.1) is 0 Å². The van der Waals surface area contributed by atoms with E-state index in [2.05, 4.69) is 10.1 Å². The molecule has 1 atom stereocenters. The van der Waals surface area contributed by atoms with E-state index in [4.69, 9.17) is 13.7 Å². The van der Waals surface area contributed by atoms with E-state index >= 15 is 0 Å². The van der Waals surface area contributed by atoms with Crippen molar-refractivity contribution in [3.05, 3.63) is 34.9 Å². The van der Waals surface area contributed by atoms with Crippen LogP contribution in [-0.4, -0.2) is 34.6 Å². The molecule has 1 aliphatic heterocycles. The zero-order valence-corrected chi connectivity index (χ0v) is 14.5. The van der Waals surface area contributed by atoms with E-state index in [0.717, 1.165) is 12.8 Å². The van der Waals surface area contributed by atoms with Crippen LogP contribution >= 0.6 is 0 Å². The van der Waals surface area contributed by atoms with Gasteiger partial charge in [-0.3, -0.25) is 4.79 Å². The zero-order valence-electron chi connectivity index (χ0n) is 14.5. The van der Waals surface area contributed by atoms with Gasteiger partial charge in [0.1, 0.15) is 18.1 Å². The van der Waals surface area contributed by atoms with Gasteiger partial charge in [0.25, 0.3) is 5.91 Å². The highest BCUT2D eigenvalue weighted by Crippen LogP contribution is 2.33. The summed E-state index contributed by atoms with van der Waals surface area (Å²) >= 11 is 0. The fourth-order valence-corrected chi connectivity index (χ4v) is 3.02. The summed E-state index contributed by atoms with van der Waals surface area (Å²) in [5.74, 6) is 2.56. The summed E-state index contributed by atoms with van der Waals surface area (Å²) < 4.78 is 16.0. The number of aryl methyl sites for hydroxylation is 1. The third-order valence-electron chi connectivity index (χ3n) is 4.25. The maximum atomic E-state index is 12.9. The molecule has 0 saturated carbocycles. The molecule has 0 aliphatic carbocycles. The number of methoxy groups -OCH3 is 1. The fourth-order valence-electron chi connectivity index (χ4n) is 3.02. The molecule has 3 rings (SSSR count). The summed E-state index contributed by atoms with van der Waals surface area (Å²) in [6.07, 6.45) is 1.76. The molecule has 2 aromatic heterocycles. The van der Waals surface area contributed by atoms with Crippen LogP contribution in [0.15, 0.2) is 15.0 Å². The largest absolute Gasteiger partial charge is 0.463 e. The van der Waals surface area contributed by atoms with Crippen LogP contribution in [0.4, 0.5) is 0 Å². The molecular formula is C17H23N3O4. The number of carbonyl (C=O) groups excluding carboxylic acids is 1. The number of hydrogen-bond donors (Lipinski definition) is 0. The van der Waals surface area contributed by atoms with Gasteiger partial charge in [0.2, 0.25) is 5.89 Å². The number of likely N-dealkylation sites (tertiary alicyclic amines) is 1. The van der Waals surface area contributed by atoms with Crippen molar-refractivity contribution in [3.63, 3.8) is 0 Å². The number of carbonyl (C=O) groups is 1. The number of aromatic nitrogens is 2. The highest BCUT2D eigenvalue weighted by atomic mass is 16.5. The van der Waals surface area contributed by atoms with Crippen LogP contribution in [0.5, 0.6) is 0 Å². The molecular weight excluding hydrogens is 310 g/mol. The summed E-state index contributed by atoms with van der Waals surface area (Å²) in [4.78, 5) is 19.2. The van der Waals surface area contributed by atoms with Crippen LogP contribution in [0.1, 0.15) is 72.2 Å². The van der Waals surface area contributed by atoms with Crippen molar-refractivity contribution >= 4 is 5.91 Å². The molecule has 1 aliphatic rings. The Morgan fingerprint density at radius 2 is 2.29 bits per heavy atom. The second-order valence-electron chi connectivity index (χ2n) is 6.42. The number of hydrogen-bond acceptors (Lipinski definition) is 6. The third kappa shape index (κ3) is 3.08. The van der Waals surface area contributed by atoms with Gasteiger partial charge in [-0.1, -0.05) is 19.0 Å². The molecule has 2 aromatic rings. The van der Waals surface area contributed by atoms with Crippen molar-refractivity contribution in [2.24, 2.45) is 0 Å². The minimum Gasteiger partial charge on any atom is -0.463 e. The van der Waals surface area contributed by atoms with Gasteiger partial charge in [0.05, 0.1) is 11.6 Å². The van der Waals surface area contributed by atoms with Crippen molar-refractivity contribution in [2.45, 2.75) is 52.2 Å². The van der Waals surface area contributed by atoms with Gasteiger partial charge in [-0.05, 0) is 25.8 Å². The molecule has 0 aromatic carbocycles. The van der Waals surface area contributed by atoms with Crippen molar-refractivity contribution in [2.75, 3.05) is 13.7 Å². The molecule has 24 heavy (non-hydrogen) atoms. The van der Waals surface area contributed by atoms with E-state index in [-0.39, 0.29) is 17.9 Å². The Bertz CT molecular complexity index is 719. The smallest absolute Gasteiger partial charge is 0.258 e. The van der Waals surface area contributed by atoms with Gasteiger partial charge in [0, 0.05) is 19.6 Å². The summed E-state index contributed by atoms with van der Waals surface area (Å²) in [6, 6.07) is 1.61. The molecule has 1 amide bonds. The van der Waals surface area contributed by atoms with Gasteiger partial charge in [0.15, 0.2) is 5.82 Å². The lowest BCUT2D eigenvalue weighted by atomic mass is 10.1. The second kappa shape index (κ2) is 6.76. The second-order valence-corrected chi connectivity index (χ2v) is 6.42. The monoisotopic (exact) mass is 333 g/mol. The predicted octanol–water partition coefficient (Wildman–Crippen LogP) is 3.22. The predicted molar refractivity (Wildman–Crippen MR) is 85.6 cm³/mol. The molecule has 7 heteroatoms. The highest BCUT2D eigenvalue weighted by molar-refractivity contribution is 5.95. The first-order valence-electron chi connectivity index (χ1n) is 8.24. The van der Waals surface area contributed by atoms with E-state index in [0.29, 0.717) is 42.0 Å². The molecule has 1 saturated heterocycles. The van der Waals surface area contributed by atoms with Gasteiger partial charge in [-0.2, -0.15) is 4.98 Å². The van der Waals surface area contributed by atoms with Crippen LogP contribution in [0.3, 0.4) is 0 Å². The van der Waals surface area contributed by atoms with E-state index in [1.807, 2.05) is 18.7 Å². The molecule has 0 radical (unpaired) electrons. The van der Waals surface area contributed by atoms with E-state index in [1.54, 1.807) is 20.1 Å². The van der Waals surface area contributed by atoms with Gasteiger partial charge in [-0.25, -0.2) is 0 Å². The van der Waals surface area contributed by atoms with Crippen molar-refractivity contribution < 1.29 is 18.5 Å². The van der Waals surface area contributed by atoms with E-state index < -0.39 is 0 Å². The summed E-state index contributed by atoms with van der Waals surface area (Å²) in [5, 5.41) is 4.08. The lowest BCUT2D eigenvalue weighted by Gasteiger charge is -2.21.